The predicted molar refractivity (Wildman–Crippen MR) is 70.4 cm³/mol. The van der Waals surface area contributed by atoms with Crippen molar-refractivity contribution in [1.82, 2.24) is 9.80 Å². The normalized spacial score (nSPS) is 17.5. The highest BCUT2D eigenvalue weighted by atomic mass is 16.5. The zero-order chi connectivity index (χ0) is 13.1. The number of likely N-dealkylation sites (N-methyl/N-ethyl adjacent to an activating group) is 1. The first kappa shape index (κ1) is 12.5. The van der Waals surface area contributed by atoms with E-state index in [0.29, 0.717) is 12.2 Å². The standard InChI is InChI=1S/C14H18N2O2/c1-4-18-14(17)13-11(15(2)3)8-10-16-9-6-5-7-12(13)16/h5-9H,4,10H2,1-3H3. The van der Waals surface area contributed by atoms with Crippen LogP contribution in [0.2, 0.25) is 0 Å². The van der Waals surface area contributed by atoms with Crippen molar-refractivity contribution in [3.8, 4) is 0 Å². The zero-order valence-electron chi connectivity index (χ0n) is 11.0. The molecule has 0 unspecified atom stereocenters. The summed E-state index contributed by atoms with van der Waals surface area (Å²) in [6, 6.07) is 0. The SMILES string of the molecule is CCOC(=O)C1=C2C=CC=CN2CC=C1N(C)C. The Balaban J connectivity index is 2.45. The molecule has 0 amide bonds. The van der Waals surface area contributed by atoms with Gasteiger partial charge in [-0.1, -0.05) is 6.08 Å². The third-order valence-corrected chi connectivity index (χ3v) is 2.90. The highest BCUT2D eigenvalue weighted by Gasteiger charge is 2.27. The lowest BCUT2D eigenvalue weighted by molar-refractivity contribution is -0.138. The van der Waals surface area contributed by atoms with Crippen LogP contribution in [0.5, 0.6) is 0 Å². The zero-order valence-corrected chi connectivity index (χ0v) is 11.0. The summed E-state index contributed by atoms with van der Waals surface area (Å²) in [6.07, 6.45) is 9.85. The van der Waals surface area contributed by atoms with Crippen LogP contribution in [-0.2, 0) is 9.53 Å². The molecule has 0 saturated heterocycles. The maximum Gasteiger partial charge on any atom is 0.342 e. The van der Waals surface area contributed by atoms with E-state index in [0.717, 1.165) is 17.9 Å². The number of ether oxygens (including phenoxy) is 1. The summed E-state index contributed by atoms with van der Waals surface area (Å²) in [5.74, 6) is -0.267. The van der Waals surface area contributed by atoms with E-state index in [1.54, 1.807) is 0 Å². The first-order chi connectivity index (χ1) is 8.65. The summed E-state index contributed by atoms with van der Waals surface area (Å²) < 4.78 is 5.16. The maximum atomic E-state index is 12.1. The van der Waals surface area contributed by atoms with E-state index in [4.69, 9.17) is 4.74 Å². The summed E-state index contributed by atoms with van der Waals surface area (Å²) in [7, 11) is 3.87. The Labute approximate surface area is 108 Å². The molecule has 0 bridgehead atoms. The van der Waals surface area contributed by atoms with Crippen LogP contribution in [-0.4, -0.2) is 43.0 Å². The van der Waals surface area contributed by atoms with E-state index >= 15 is 0 Å². The van der Waals surface area contributed by atoms with Crippen molar-refractivity contribution in [2.24, 2.45) is 0 Å². The van der Waals surface area contributed by atoms with Crippen molar-refractivity contribution in [1.29, 1.82) is 0 Å². The highest BCUT2D eigenvalue weighted by Crippen LogP contribution is 2.28. The van der Waals surface area contributed by atoms with Crippen LogP contribution < -0.4 is 0 Å². The predicted octanol–water partition coefficient (Wildman–Crippen LogP) is 1.65. The van der Waals surface area contributed by atoms with Gasteiger partial charge in [0.15, 0.2) is 0 Å². The number of esters is 1. The number of rotatable bonds is 3. The molecule has 0 aromatic rings. The lowest BCUT2D eigenvalue weighted by atomic mass is 10.0. The second kappa shape index (κ2) is 5.12. The van der Waals surface area contributed by atoms with Gasteiger partial charge in [-0.15, -0.1) is 0 Å². The minimum atomic E-state index is -0.267. The number of fused-ring (bicyclic) bond motifs is 1. The molecule has 2 rings (SSSR count). The largest absolute Gasteiger partial charge is 0.462 e. The Morgan fingerprint density at radius 1 is 1.44 bits per heavy atom. The molecule has 0 saturated carbocycles. The van der Waals surface area contributed by atoms with Crippen molar-refractivity contribution >= 4 is 5.97 Å². The first-order valence-corrected chi connectivity index (χ1v) is 6.06. The van der Waals surface area contributed by atoms with E-state index in [-0.39, 0.29) is 5.97 Å². The average Bonchev–Trinajstić information content (AvgIpc) is 2.37. The quantitative estimate of drug-likeness (QED) is 0.709. The molecule has 2 heterocycles. The number of allylic oxidation sites excluding steroid dienone is 3. The lowest BCUT2D eigenvalue weighted by Crippen LogP contribution is -2.31. The minimum absolute atomic E-state index is 0.267. The second-order valence-corrected chi connectivity index (χ2v) is 4.32. The molecule has 0 aromatic carbocycles. The van der Waals surface area contributed by atoms with Gasteiger partial charge in [0, 0.05) is 26.8 Å². The molecule has 2 aliphatic heterocycles. The van der Waals surface area contributed by atoms with Gasteiger partial charge in [-0.05, 0) is 25.2 Å². The van der Waals surface area contributed by atoms with Gasteiger partial charge in [0.1, 0.15) is 5.57 Å². The number of hydrogen-bond acceptors (Lipinski definition) is 4. The van der Waals surface area contributed by atoms with E-state index in [1.165, 1.54) is 0 Å². The molecule has 4 nitrogen and oxygen atoms in total. The molecular formula is C14H18N2O2. The Morgan fingerprint density at radius 2 is 2.22 bits per heavy atom. The van der Waals surface area contributed by atoms with Gasteiger partial charge in [0.25, 0.3) is 0 Å². The van der Waals surface area contributed by atoms with E-state index in [2.05, 4.69) is 0 Å². The summed E-state index contributed by atoms with van der Waals surface area (Å²) in [6.45, 7) is 2.97. The van der Waals surface area contributed by atoms with Gasteiger partial charge in [-0.2, -0.15) is 0 Å². The molecule has 4 heteroatoms. The summed E-state index contributed by atoms with van der Waals surface area (Å²) in [5.41, 5.74) is 2.45. The minimum Gasteiger partial charge on any atom is -0.462 e. The van der Waals surface area contributed by atoms with Gasteiger partial charge in [-0.3, -0.25) is 0 Å². The Kier molecular flexibility index (Phi) is 3.55. The van der Waals surface area contributed by atoms with Crippen LogP contribution in [0.1, 0.15) is 6.92 Å². The Morgan fingerprint density at radius 3 is 2.89 bits per heavy atom. The third-order valence-electron chi connectivity index (χ3n) is 2.90. The number of carbonyl (C=O) groups is 1. The first-order valence-electron chi connectivity index (χ1n) is 6.06. The molecule has 0 aliphatic carbocycles. The average molecular weight is 246 g/mol. The number of carbonyl (C=O) groups excluding carboxylic acids is 1. The summed E-state index contributed by atoms with van der Waals surface area (Å²) >= 11 is 0. The van der Waals surface area contributed by atoms with Gasteiger partial charge in [0.2, 0.25) is 0 Å². The fourth-order valence-electron chi connectivity index (χ4n) is 2.10. The van der Waals surface area contributed by atoms with Gasteiger partial charge < -0.3 is 14.5 Å². The Bertz CT molecular complexity index is 470. The van der Waals surface area contributed by atoms with Crippen LogP contribution in [0.25, 0.3) is 0 Å². The smallest absolute Gasteiger partial charge is 0.342 e. The van der Waals surface area contributed by atoms with Crippen molar-refractivity contribution in [2.75, 3.05) is 27.2 Å². The van der Waals surface area contributed by atoms with Gasteiger partial charge >= 0.3 is 5.97 Å². The van der Waals surface area contributed by atoms with Crippen LogP contribution in [0.3, 0.4) is 0 Å². The molecule has 96 valence electrons. The monoisotopic (exact) mass is 246 g/mol. The van der Waals surface area contributed by atoms with E-state index in [9.17, 15) is 4.79 Å². The second-order valence-electron chi connectivity index (χ2n) is 4.32. The molecule has 2 aliphatic rings. The maximum absolute atomic E-state index is 12.1. The van der Waals surface area contributed by atoms with E-state index in [1.807, 2.05) is 61.3 Å². The van der Waals surface area contributed by atoms with Crippen LogP contribution in [0, 0.1) is 0 Å². The van der Waals surface area contributed by atoms with Gasteiger partial charge in [-0.25, -0.2) is 4.79 Å². The summed E-state index contributed by atoms with van der Waals surface area (Å²) in [5, 5.41) is 0. The molecular weight excluding hydrogens is 228 g/mol. The number of nitrogens with zero attached hydrogens (tertiary/aromatic N) is 2. The van der Waals surface area contributed by atoms with Crippen molar-refractivity contribution < 1.29 is 9.53 Å². The Hall–Kier alpha value is -1.97. The summed E-state index contributed by atoms with van der Waals surface area (Å²) in [4.78, 5) is 16.1. The fraction of sp³-hybridized carbons (Fsp3) is 0.357. The molecule has 0 atom stereocenters. The lowest BCUT2D eigenvalue weighted by Gasteiger charge is -2.32. The van der Waals surface area contributed by atoms with Gasteiger partial charge in [0.05, 0.1) is 18.0 Å². The van der Waals surface area contributed by atoms with Crippen LogP contribution in [0.4, 0.5) is 0 Å². The molecule has 0 aromatic heterocycles. The molecule has 0 spiro atoms. The van der Waals surface area contributed by atoms with Crippen LogP contribution >= 0.6 is 0 Å². The van der Waals surface area contributed by atoms with Crippen molar-refractivity contribution in [3.05, 3.63) is 47.5 Å². The van der Waals surface area contributed by atoms with Crippen LogP contribution in [0.15, 0.2) is 47.5 Å². The number of hydrogen-bond donors (Lipinski definition) is 0. The van der Waals surface area contributed by atoms with Crippen molar-refractivity contribution in [2.45, 2.75) is 6.92 Å². The molecule has 18 heavy (non-hydrogen) atoms. The fourth-order valence-corrected chi connectivity index (χ4v) is 2.10. The molecule has 0 fully saturated rings. The third kappa shape index (κ3) is 2.18. The molecule has 0 N–H and O–H groups in total. The molecule has 0 radical (unpaired) electrons. The highest BCUT2D eigenvalue weighted by molar-refractivity contribution is 5.95. The van der Waals surface area contributed by atoms with E-state index < -0.39 is 0 Å². The topological polar surface area (TPSA) is 32.8 Å². The van der Waals surface area contributed by atoms with Crippen molar-refractivity contribution in [3.63, 3.8) is 0 Å².